The van der Waals surface area contributed by atoms with E-state index in [1.807, 2.05) is 0 Å². The molecular weight excluding hydrogens is 150 g/mol. The molecule has 0 unspecified atom stereocenters. The first kappa shape index (κ1) is 9.59. The Morgan fingerprint density at radius 3 is 2.25 bits per heavy atom. The van der Waals surface area contributed by atoms with Crippen LogP contribution < -0.4 is 5.73 Å². The zero-order valence-corrected chi connectivity index (χ0v) is 8.48. The summed E-state index contributed by atoms with van der Waals surface area (Å²) in [4.78, 5) is 0. The summed E-state index contributed by atoms with van der Waals surface area (Å²) in [5.41, 5.74) is 5.98. The summed E-state index contributed by atoms with van der Waals surface area (Å²) in [6.07, 6.45) is 4.26. The summed E-state index contributed by atoms with van der Waals surface area (Å²) in [7, 11) is 1.71. The van der Waals surface area contributed by atoms with Gasteiger partial charge in [-0.25, -0.2) is 0 Å². The summed E-state index contributed by atoms with van der Waals surface area (Å²) in [5.74, 6) is 1.00. The van der Waals surface area contributed by atoms with Crippen LogP contribution in [-0.2, 0) is 4.74 Å². The molecule has 1 aliphatic carbocycles. The van der Waals surface area contributed by atoms with Gasteiger partial charge < -0.3 is 10.5 Å². The van der Waals surface area contributed by atoms with Crippen LogP contribution in [0.4, 0.5) is 0 Å². The minimum atomic E-state index is -0.0569. The number of hydrogen-bond donors (Lipinski definition) is 1. The molecule has 1 fully saturated rings. The zero-order chi connectivity index (χ0) is 9.41. The standard InChI is InChI=1S/C10H19NO.H2/c1-9(2,3)8(12-4)7-10(11)5-6-10;/h7H,5-6,11H2,1-4H3;1H/b8-7-;. The van der Waals surface area contributed by atoms with Gasteiger partial charge in [0.2, 0.25) is 0 Å². The van der Waals surface area contributed by atoms with Gasteiger partial charge in [-0.05, 0) is 18.9 Å². The minimum absolute atomic E-state index is 0. The molecule has 0 bridgehead atoms. The van der Waals surface area contributed by atoms with Crippen molar-refractivity contribution in [3.05, 3.63) is 11.8 Å². The minimum Gasteiger partial charge on any atom is -0.501 e. The Morgan fingerprint density at radius 2 is 2.00 bits per heavy atom. The van der Waals surface area contributed by atoms with E-state index in [9.17, 15) is 0 Å². The number of hydrogen-bond acceptors (Lipinski definition) is 2. The van der Waals surface area contributed by atoms with Crippen LogP contribution in [0.25, 0.3) is 0 Å². The van der Waals surface area contributed by atoms with E-state index in [0.29, 0.717) is 0 Å². The van der Waals surface area contributed by atoms with Crippen LogP contribution in [0, 0.1) is 5.41 Å². The summed E-state index contributed by atoms with van der Waals surface area (Å²) >= 11 is 0. The highest BCUT2D eigenvalue weighted by Gasteiger charge is 2.38. The number of allylic oxidation sites excluding steroid dienone is 1. The van der Waals surface area contributed by atoms with E-state index < -0.39 is 0 Å². The van der Waals surface area contributed by atoms with E-state index in [4.69, 9.17) is 10.5 Å². The van der Waals surface area contributed by atoms with Crippen LogP contribution in [0.15, 0.2) is 11.8 Å². The molecule has 0 aromatic heterocycles. The molecule has 0 amide bonds. The summed E-state index contributed by atoms with van der Waals surface area (Å²) in [6.45, 7) is 6.40. The van der Waals surface area contributed by atoms with Gasteiger partial charge in [-0.1, -0.05) is 20.8 Å². The van der Waals surface area contributed by atoms with Gasteiger partial charge in [-0.2, -0.15) is 0 Å². The molecule has 12 heavy (non-hydrogen) atoms. The van der Waals surface area contributed by atoms with Crippen molar-refractivity contribution >= 4 is 0 Å². The van der Waals surface area contributed by atoms with E-state index in [1.54, 1.807) is 7.11 Å². The molecule has 1 aliphatic rings. The Hall–Kier alpha value is -0.500. The lowest BCUT2D eigenvalue weighted by Gasteiger charge is -2.22. The summed E-state index contributed by atoms with van der Waals surface area (Å²) in [6, 6.07) is 0. The van der Waals surface area contributed by atoms with Gasteiger partial charge in [-0.15, -0.1) is 0 Å². The lowest BCUT2D eigenvalue weighted by molar-refractivity contribution is 0.203. The second-order valence-corrected chi connectivity index (χ2v) is 4.70. The van der Waals surface area contributed by atoms with E-state index in [1.165, 1.54) is 0 Å². The Balaban J connectivity index is 0.00000144. The van der Waals surface area contributed by atoms with Gasteiger partial charge in [0.1, 0.15) is 0 Å². The molecule has 1 rings (SSSR count). The van der Waals surface area contributed by atoms with Crippen molar-refractivity contribution in [2.75, 3.05) is 7.11 Å². The van der Waals surface area contributed by atoms with Crippen molar-refractivity contribution in [2.45, 2.75) is 39.2 Å². The third-order valence-electron chi connectivity index (χ3n) is 2.21. The molecule has 0 heterocycles. The molecule has 2 heteroatoms. The number of nitrogens with two attached hydrogens (primary N) is 1. The van der Waals surface area contributed by atoms with Gasteiger partial charge in [0, 0.05) is 12.4 Å². The summed E-state index contributed by atoms with van der Waals surface area (Å²) < 4.78 is 5.31. The van der Waals surface area contributed by atoms with E-state index in [2.05, 4.69) is 26.8 Å². The first-order valence-corrected chi connectivity index (χ1v) is 4.44. The van der Waals surface area contributed by atoms with E-state index >= 15 is 0 Å². The largest absolute Gasteiger partial charge is 0.501 e. The first-order valence-electron chi connectivity index (χ1n) is 4.44. The normalized spacial score (nSPS) is 22.2. The third kappa shape index (κ3) is 2.24. The number of rotatable bonds is 2. The van der Waals surface area contributed by atoms with Crippen molar-refractivity contribution in [3.63, 3.8) is 0 Å². The van der Waals surface area contributed by atoms with Gasteiger partial charge in [0.15, 0.2) is 0 Å². The highest BCUT2D eigenvalue weighted by molar-refractivity contribution is 5.20. The second kappa shape index (κ2) is 2.77. The fourth-order valence-corrected chi connectivity index (χ4v) is 1.13. The molecule has 2 nitrogen and oxygen atoms in total. The molecule has 72 valence electrons. The smallest absolute Gasteiger partial charge is 0.0987 e. The Bertz CT molecular complexity index is 201. The molecule has 0 aromatic rings. The molecule has 2 N–H and O–H groups in total. The molecule has 0 spiro atoms. The highest BCUT2D eigenvalue weighted by atomic mass is 16.5. The quantitative estimate of drug-likeness (QED) is 0.647. The van der Waals surface area contributed by atoms with Crippen LogP contribution in [0.1, 0.15) is 35.0 Å². The second-order valence-electron chi connectivity index (χ2n) is 4.70. The maximum absolute atomic E-state index is 5.96. The third-order valence-corrected chi connectivity index (χ3v) is 2.21. The summed E-state index contributed by atoms with van der Waals surface area (Å²) in [5, 5.41) is 0. The van der Waals surface area contributed by atoms with Crippen molar-refractivity contribution in [3.8, 4) is 0 Å². The van der Waals surface area contributed by atoms with Gasteiger partial charge >= 0.3 is 0 Å². The van der Waals surface area contributed by atoms with Crippen molar-refractivity contribution in [1.82, 2.24) is 0 Å². The maximum atomic E-state index is 5.96. The van der Waals surface area contributed by atoms with Crippen molar-refractivity contribution in [1.29, 1.82) is 0 Å². The monoisotopic (exact) mass is 171 g/mol. The first-order chi connectivity index (χ1) is 5.37. The van der Waals surface area contributed by atoms with Crippen molar-refractivity contribution in [2.24, 2.45) is 11.1 Å². The molecule has 0 atom stereocenters. The average molecular weight is 171 g/mol. The van der Waals surface area contributed by atoms with E-state index in [-0.39, 0.29) is 12.4 Å². The van der Waals surface area contributed by atoms with Gasteiger partial charge in [-0.3, -0.25) is 0 Å². The van der Waals surface area contributed by atoms with Gasteiger partial charge in [0.05, 0.1) is 12.9 Å². The average Bonchev–Trinajstić information content (AvgIpc) is 2.62. The van der Waals surface area contributed by atoms with E-state index in [0.717, 1.165) is 18.6 Å². The maximum Gasteiger partial charge on any atom is 0.0987 e. The topological polar surface area (TPSA) is 35.2 Å². The lowest BCUT2D eigenvalue weighted by Crippen LogP contribution is -2.22. The fourth-order valence-electron chi connectivity index (χ4n) is 1.13. The predicted octanol–water partition coefficient (Wildman–Crippen LogP) is 2.30. The highest BCUT2D eigenvalue weighted by Crippen LogP contribution is 2.38. The number of methoxy groups -OCH3 is 1. The molecule has 0 radical (unpaired) electrons. The fraction of sp³-hybridized carbons (Fsp3) is 0.800. The van der Waals surface area contributed by atoms with Crippen LogP contribution in [0.3, 0.4) is 0 Å². The Labute approximate surface area is 76.3 Å². The molecule has 0 aromatic carbocycles. The van der Waals surface area contributed by atoms with Crippen LogP contribution in [0.2, 0.25) is 0 Å². The zero-order valence-electron chi connectivity index (χ0n) is 8.48. The molecule has 0 aliphatic heterocycles. The predicted molar refractivity (Wildman–Crippen MR) is 52.8 cm³/mol. The van der Waals surface area contributed by atoms with Crippen LogP contribution >= 0.6 is 0 Å². The molecule has 0 saturated heterocycles. The van der Waals surface area contributed by atoms with Crippen LogP contribution in [-0.4, -0.2) is 12.6 Å². The number of ether oxygens (including phenoxy) is 1. The molecular formula is C10H21NO. The lowest BCUT2D eigenvalue weighted by atomic mass is 9.92. The van der Waals surface area contributed by atoms with Crippen LogP contribution in [0.5, 0.6) is 0 Å². The SMILES string of the molecule is CO/C(=C\C1(N)CC1)C(C)(C)C.[HH]. The Kier molecular flexibility index (Phi) is 2.21. The molecule has 1 saturated carbocycles. The van der Waals surface area contributed by atoms with Crippen molar-refractivity contribution < 1.29 is 6.16 Å². The van der Waals surface area contributed by atoms with Gasteiger partial charge in [0.25, 0.3) is 0 Å². The Morgan fingerprint density at radius 1 is 1.50 bits per heavy atom.